The molecule has 0 radical (unpaired) electrons. The summed E-state index contributed by atoms with van der Waals surface area (Å²) in [5, 5.41) is 9.00. The van der Waals surface area contributed by atoms with Gasteiger partial charge in [0.1, 0.15) is 6.29 Å². The molecule has 1 N–H and O–H groups in total. The van der Waals surface area contributed by atoms with E-state index in [1.807, 2.05) is 12.8 Å². The summed E-state index contributed by atoms with van der Waals surface area (Å²) >= 11 is 0. The Morgan fingerprint density at radius 3 is 2.67 bits per heavy atom. The normalized spacial score (nSPS) is 37.0. The molecule has 1 aliphatic rings. The third-order valence-corrected chi connectivity index (χ3v) is 1.74. The average molecular weight is 127 g/mol. The molecule has 0 aliphatic carbocycles. The van der Waals surface area contributed by atoms with Crippen LogP contribution >= 0.6 is 0 Å². The molecular formula is C5H10BNO2. The summed E-state index contributed by atoms with van der Waals surface area (Å²) in [6, 6.07) is -0.0556. The molecule has 0 aromatic heterocycles. The van der Waals surface area contributed by atoms with Gasteiger partial charge < -0.3 is 14.7 Å². The van der Waals surface area contributed by atoms with Crippen molar-refractivity contribution in [3.8, 4) is 0 Å². The Labute approximate surface area is 55.1 Å². The molecule has 0 aromatic carbocycles. The largest absolute Gasteiger partial charge is 0.392 e. The van der Waals surface area contributed by atoms with Crippen molar-refractivity contribution in [2.45, 2.75) is 18.6 Å². The first-order valence-electron chi connectivity index (χ1n) is 3.07. The van der Waals surface area contributed by atoms with Crippen LogP contribution in [0, 0.1) is 0 Å². The van der Waals surface area contributed by atoms with Gasteiger partial charge in [0.2, 0.25) is 0 Å². The Bertz CT molecular complexity index is 120. The zero-order valence-electron chi connectivity index (χ0n) is 5.45. The minimum Gasteiger partial charge on any atom is -0.392 e. The van der Waals surface area contributed by atoms with Gasteiger partial charge in [-0.15, -0.1) is 0 Å². The fourth-order valence-electron chi connectivity index (χ4n) is 1.16. The number of nitrogens with zero attached hydrogens (tertiary/aromatic N) is 1. The number of aliphatic hydroxyl groups is 1. The monoisotopic (exact) mass is 127 g/mol. The molecule has 1 unspecified atom stereocenters. The van der Waals surface area contributed by atoms with E-state index in [0.717, 1.165) is 6.29 Å². The van der Waals surface area contributed by atoms with Crippen LogP contribution in [0.1, 0.15) is 6.42 Å². The lowest BCUT2D eigenvalue weighted by atomic mass is 10.2. The maximum absolute atomic E-state index is 10.2. The number of β-amino-alcohol motifs (C(OH)–C–C–N with tert-alkyl or cyclic N) is 1. The summed E-state index contributed by atoms with van der Waals surface area (Å²) in [5.41, 5.74) is 0. The van der Waals surface area contributed by atoms with E-state index in [4.69, 9.17) is 5.11 Å². The summed E-state index contributed by atoms with van der Waals surface area (Å²) in [6.45, 7) is 0.628. The molecule has 3 nitrogen and oxygen atoms in total. The molecule has 0 aromatic rings. The third kappa shape index (κ3) is 1.31. The van der Waals surface area contributed by atoms with Crippen LogP contribution in [0.5, 0.6) is 0 Å². The van der Waals surface area contributed by atoms with Gasteiger partial charge in [-0.05, 0) is 6.42 Å². The van der Waals surface area contributed by atoms with Gasteiger partial charge in [0.25, 0.3) is 0 Å². The molecule has 50 valence electrons. The van der Waals surface area contributed by atoms with Crippen LogP contribution in [0.2, 0.25) is 0 Å². The predicted octanol–water partition coefficient (Wildman–Crippen LogP) is -1.83. The van der Waals surface area contributed by atoms with Gasteiger partial charge in [-0.3, -0.25) is 0 Å². The summed E-state index contributed by atoms with van der Waals surface area (Å²) < 4.78 is 0. The molecule has 0 amide bonds. The maximum atomic E-state index is 10.2. The van der Waals surface area contributed by atoms with Gasteiger partial charge in [-0.1, -0.05) is 0 Å². The highest BCUT2D eigenvalue weighted by molar-refractivity contribution is 6.06. The van der Waals surface area contributed by atoms with E-state index < -0.39 is 0 Å². The van der Waals surface area contributed by atoms with Crippen LogP contribution < -0.4 is 0 Å². The summed E-state index contributed by atoms with van der Waals surface area (Å²) in [5.74, 6) is 0. The number of hydrogen-bond donors (Lipinski definition) is 1. The Kier molecular flexibility index (Phi) is 1.88. The van der Waals surface area contributed by atoms with Gasteiger partial charge in [0, 0.05) is 6.54 Å². The van der Waals surface area contributed by atoms with Crippen LogP contribution in [-0.4, -0.2) is 42.9 Å². The molecule has 0 saturated carbocycles. The van der Waals surface area contributed by atoms with Crippen LogP contribution in [0.15, 0.2) is 0 Å². The van der Waals surface area contributed by atoms with E-state index in [1.165, 1.54) is 0 Å². The highest BCUT2D eigenvalue weighted by atomic mass is 16.3. The molecule has 1 fully saturated rings. The quantitative estimate of drug-likeness (QED) is 0.332. The van der Waals surface area contributed by atoms with Crippen molar-refractivity contribution in [2.75, 3.05) is 6.54 Å². The Hall–Kier alpha value is -0.345. The number of aldehydes is 1. The van der Waals surface area contributed by atoms with E-state index >= 15 is 0 Å². The van der Waals surface area contributed by atoms with Crippen molar-refractivity contribution < 1.29 is 9.90 Å². The number of rotatable bonds is 1. The van der Waals surface area contributed by atoms with Crippen molar-refractivity contribution in [1.29, 1.82) is 0 Å². The van der Waals surface area contributed by atoms with Crippen molar-refractivity contribution >= 4 is 14.3 Å². The summed E-state index contributed by atoms with van der Waals surface area (Å²) in [7, 11) is 1.84. The molecule has 1 rings (SSSR count). The van der Waals surface area contributed by atoms with E-state index in [-0.39, 0.29) is 12.1 Å². The zero-order chi connectivity index (χ0) is 6.85. The summed E-state index contributed by atoms with van der Waals surface area (Å²) in [6.07, 6.45) is 1.18. The van der Waals surface area contributed by atoms with Crippen LogP contribution in [0.25, 0.3) is 0 Å². The van der Waals surface area contributed by atoms with Crippen molar-refractivity contribution in [1.82, 2.24) is 4.81 Å². The highest BCUT2D eigenvalue weighted by Crippen LogP contribution is 2.12. The van der Waals surface area contributed by atoms with Crippen molar-refractivity contribution in [3.05, 3.63) is 0 Å². The van der Waals surface area contributed by atoms with Gasteiger partial charge >= 0.3 is 0 Å². The molecule has 1 saturated heterocycles. The maximum Gasteiger partial charge on any atom is 0.186 e. The SMILES string of the molecule is BN1C[C@H](O)CC1C=O. The Morgan fingerprint density at radius 1 is 1.78 bits per heavy atom. The second-order valence-corrected chi connectivity index (χ2v) is 2.53. The van der Waals surface area contributed by atoms with Gasteiger partial charge in [0.05, 0.1) is 12.1 Å². The van der Waals surface area contributed by atoms with Gasteiger partial charge in [-0.25, -0.2) is 0 Å². The topological polar surface area (TPSA) is 40.5 Å². The summed E-state index contributed by atoms with van der Waals surface area (Å²) in [4.78, 5) is 12.1. The molecule has 0 spiro atoms. The number of carbonyl (C=O) groups is 1. The first-order valence-corrected chi connectivity index (χ1v) is 3.07. The first-order chi connectivity index (χ1) is 4.24. The highest BCUT2D eigenvalue weighted by Gasteiger charge is 2.26. The number of aliphatic hydroxyl groups excluding tert-OH is 1. The standard InChI is InChI=1S/C5H10BNO2/c6-7-2-5(9)1-4(7)3-8/h3-5,9H,1-2,6H2/t4?,5-/m1/s1. The number of hydrogen-bond acceptors (Lipinski definition) is 3. The fourth-order valence-corrected chi connectivity index (χ4v) is 1.16. The minimum absolute atomic E-state index is 0.0556. The van der Waals surface area contributed by atoms with E-state index in [2.05, 4.69) is 0 Å². The lowest BCUT2D eigenvalue weighted by molar-refractivity contribution is -0.110. The molecule has 9 heavy (non-hydrogen) atoms. The Balaban J connectivity index is 2.47. The predicted molar refractivity (Wildman–Crippen MR) is 35.7 cm³/mol. The van der Waals surface area contributed by atoms with E-state index in [1.54, 1.807) is 0 Å². The van der Waals surface area contributed by atoms with Gasteiger partial charge in [0.15, 0.2) is 7.98 Å². The smallest absolute Gasteiger partial charge is 0.186 e. The molecule has 4 heteroatoms. The first kappa shape index (κ1) is 6.77. The van der Waals surface area contributed by atoms with E-state index in [0.29, 0.717) is 13.0 Å². The third-order valence-electron chi connectivity index (χ3n) is 1.74. The molecule has 2 atom stereocenters. The van der Waals surface area contributed by atoms with Crippen LogP contribution in [0.4, 0.5) is 0 Å². The molecule has 1 heterocycles. The van der Waals surface area contributed by atoms with Crippen molar-refractivity contribution in [2.24, 2.45) is 0 Å². The van der Waals surface area contributed by atoms with Crippen LogP contribution in [0.3, 0.4) is 0 Å². The Morgan fingerprint density at radius 2 is 2.44 bits per heavy atom. The minimum atomic E-state index is -0.301. The molecule has 1 aliphatic heterocycles. The fraction of sp³-hybridized carbons (Fsp3) is 0.800. The van der Waals surface area contributed by atoms with Crippen molar-refractivity contribution in [3.63, 3.8) is 0 Å². The second kappa shape index (κ2) is 2.50. The van der Waals surface area contributed by atoms with Crippen LogP contribution in [-0.2, 0) is 4.79 Å². The number of carbonyl (C=O) groups excluding carboxylic acids is 1. The average Bonchev–Trinajstić information content (AvgIpc) is 2.10. The van der Waals surface area contributed by atoms with Gasteiger partial charge in [-0.2, -0.15) is 0 Å². The molecular weight excluding hydrogens is 117 g/mol. The lowest BCUT2D eigenvalue weighted by Gasteiger charge is -2.10. The molecule has 0 bridgehead atoms. The second-order valence-electron chi connectivity index (χ2n) is 2.53. The lowest BCUT2D eigenvalue weighted by Crippen LogP contribution is -2.27. The zero-order valence-corrected chi connectivity index (χ0v) is 5.45. The van der Waals surface area contributed by atoms with E-state index in [9.17, 15) is 4.79 Å².